The molecule has 3 heterocycles. The molecule has 1 spiro atoms. The molecule has 0 aliphatic carbocycles. The Hall–Kier alpha value is -4.11. The highest BCUT2D eigenvalue weighted by Gasteiger charge is 2.54. The van der Waals surface area contributed by atoms with Crippen LogP contribution in [0, 0.1) is 12.7 Å². The van der Waals surface area contributed by atoms with Crippen LogP contribution in [0.2, 0.25) is 0 Å². The fourth-order valence-electron chi connectivity index (χ4n) is 5.18. The van der Waals surface area contributed by atoms with E-state index in [2.05, 4.69) is 10.3 Å². The zero-order chi connectivity index (χ0) is 26.7. The van der Waals surface area contributed by atoms with Gasteiger partial charge in [-0.1, -0.05) is 24.3 Å². The van der Waals surface area contributed by atoms with Gasteiger partial charge in [-0.15, -0.1) is 0 Å². The zero-order valence-corrected chi connectivity index (χ0v) is 21.1. The lowest BCUT2D eigenvalue weighted by Gasteiger charge is -2.44. The second-order valence-corrected chi connectivity index (χ2v) is 9.64. The topological polar surface area (TPSA) is 91.8 Å². The number of likely N-dealkylation sites (tertiary alicyclic amines) is 1. The lowest BCUT2D eigenvalue weighted by Crippen LogP contribution is -2.59. The van der Waals surface area contributed by atoms with E-state index in [0.717, 1.165) is 11.1 Å². The standard InChI is InChI=1S/C29H29FN4O4/c1-20-5-2-3-8-24(20)28(37)34-25(26(35)32-18-21-9-13-31-14-10-21)19-38-29(34)11-15-33(16-12-29)27(36)22-6-4-7-23(30)17-22/h2-10,13-14,17,25H,11-12,15-16,18-19H2,1H3,(H,32,35)/t25-/m1/s1. The number of aromatic nitrogens is 1. The molecular weight excluding hydrogens is 487 g/mol. The number of aryl methyl sites for hydroxylation is 1. The maximum Gasteiger partial charge on any atom is 0.257 e. The van der Waals surface area contributed by atoms with Crippen LogP contribution in [0.5, 0.6) is 0 Å². The van der Waals surface area contributed by atoms with Crippen LogP contribution in [0.25, 0.3) is 0 Å². The molecule has 3 amide bonds. The Morgan fingerprint density at radius 3 is 2.47 bits per heavy atom. The second kappa shape index (κ2) is 10.7. The largest absolute Gasteiger partial charge is 0.353 e. The van der Waals surface area contributed by atoms with Crippen molar-refractivity contribution in [3.8, 4) is 0 Å². The Morgan fingerprint density at radius 2 is 1.76 bits per heavy atom. The van der Waals surface area contributed by atoms with Gasteiger partial charge in [-0.2, -0.15) is 0 Å². The minimum absolute atomic E-state index is 0.0532. The molecule has 8 nitrogen and oxygen atoms in total. The summed E-state index contributed by atoms with van der Waals surface area (Å²) in [6.07, 6.45) is 3.98. The molecule has 5 rings (SSSR count). The molecule has 0 saturated carbocycles. The van der Waals surface area contributed by atoms with E-state index in [9.17, 15) is 18.8 Å². The molecule has 1 aromatic heterocycles. The molecule has 3 aromatic rings. The van der Waals surface area contributed by atoms with Gasteiger partial charge < -0.3 is 15.0 Å². The molecule has 0 unspecified atom stereocenters. The Morgan fingerprint density at radius 1 is 1.03 bits per heavy atom. The smallest absolute Gasteiger partial charge is 0.257 e. The van der Waals surface area contributed by atoms with E-state index in [-0.39, 0.29) is 29.9 Å². The fraction of sp³-hybridized carbons (Fsp3) is 0.310. The van der Waals surface area contributed by atoms with Gasteiger partial charge in [-0.25, -0.2) is 4.39 Å². The Balaban J connectivity index is 1.37. The maximum absolute atomic E-state index is 13.9. The number of pyridine rings is 1. The Labute approximate surface area is 220 Å². The van der Waals surface area contributed by atoms with Gasteiger partial charge in [-0.3, -0.25) is 24.3 Å². The van der Waals surface area contributed by atoms with Gasteiger partial charge in [-0.05, 0) is 54.4 Å². The van der Waals surface area contributed by atoms with Crippen molar-refractivity contribution in [3.63, 3.8) is 0 Å². The van der Waals surface area contributed by atoms with E-state index in [0.29, 0.717) is 38.0 Å². The predicted octanol–water partition coefficient (Wildman–Crippen LogP) is 3.32. The maximum atomic E-state index is 13.9. The van der Waals surface area contributed by atoms with Crippen LogP contribution in [-0.2, 0) is 16.1 Å². The molecule has 2 aliphatic rings. The van der Waals surface area contributed by atoms with E-state index in [1.807, 2.05) is 31.2 Å². The summed E-state index contributed by atoms with van der Waals surface area (Å²) in [6, 6.07) is 15.7. The highest BCUT2D eigenvalue weighted by Crippen LogP contribution is 2.39. The number of carbonyl (C=O) groups excluding carboxylic acids is 3. The number of ether oxygens (including phenoxy) is 1. The number of rotatable bonds is 5. The molecule has 2 aliphatic heterocycles. The molecule has 2 saturated heterocycles. The number of piperidine rings is 1. The summed E-state index contributed by atoms with van der Waals surface area (Å²) < 4.78 is 19.9. The van der Waals surface area contributed by atoms with Gasteiger partial charge in [0.05, 0.1) is 6.61 Å². The lowest BCUT2D eigenvalue weighted by atomic mass is 9.95. The second-order valence-electron chi connectivity index (χ2n) is 9.64. The van der Waals surface area contributed by atoms with E-state index < -0.39 is 17.6 Å². The van der Waals surface area contributed by atoms with E-state index in [1.54, 1.807) is 40.4 Å². The van der Waals surface area contributed by atoms with Gasteiger partial charge in [0.1, 0.15) is 17.6 Å². The van der Waals surface area contributed by atoms with Gasteiger partial charge in [0, 0.05) is 56.0 Å². The zero-order valence-electron chi connectivity index (χ0n) is 21.1. The summed E-state index contributed by atoms with van der Waals surface area (Å²) in [4.78, 5) is 47.5. The molecular formula is C29H29FN4O4. The molecule has 9 heteroatoms. The van der Waals surface area contributed by atoms with Crippen molar-refractivity contribution in [1.82, 2.24) is 20.1 Å². The third-order valence-electron chi connectivity index (χ3n) is 7.28. The predicted molar refractivity (Wildman–Crippen MR) is 137 cm³/mol. The Bertz CT molecular complexity index is 1340. The number of halogens is 1. The molecule has 38 heavy (non-hydrogen) atoms. The van der Waals surface area contributed by atoms with Crippen LogP contribution < -0.4 is 5.32 Å². The molecule has 196 valence electrons. The minimum Gasteiger partial charge on any atom is -0.353 e. The molecule has 0 radical (unpaired) electrons. The number of nitrogens with one attached hydrogen (secondary N) is 1. The average Bonchev–Trinajstić information content (AvgIpc) is 3.30. The summed E-state index contributed by atoms with van der Waals surface area (Å²) in [6.45, 7) is 2.82. The van der Waals surface area contributed by atoms with E-state index in [1.165, 1.54) is 18.2 Å². The van der Waals surface area contributed by atoms with Crippen molar-refractivity contribution >= 4 is 17.7 Å². The summed E-state index contributed by atoms with van der Waals surface area (Å²) in [5.74, 6) is -1.34. The summed E-state index contributed by atoms with van der Waals surface area (Å²) in [5, 5.41) is 2.93. The first-order chi connectivity index (χ1) is 18.4. The SMILES string of the molecule is Cc1ccccc1C(=O)N1[C@@H](C(=O)NCc2ccncc2)COC12CCN(C(=O)c1cccc(F)c1)CC2. The Kier molecular flexibility index (Phi) is 7.20. The van der Waals surface area contributed by atoms with Crippen LogP contribution in [0.4, 0.5) is 4.39 Å². The molecule has 1 atom stereocenters. The van der Waals surface area contributed by atoms with E-state index >= 15 is 0 Å². The third kappa shape index (κ3) is 5.02. The van der Waals surface area contributed by atoms with Crippen LogP contribution in [0.15, 0.2) is 73.1 Å². The number of hydrogen-bond donors (Lipinski definition) is 1. The van der Waals surface area contributed by atoms with Crippen LogP contribution in [0.3, 0.4) is 0 Å². The molecule has 2 fully saturated rings. The first-order valence-electron chi connectivity index (χ1n) is 12.6. The molecule has 1 N–H and O–H groups in total. The fourth-order valence-corrected chi connectivity index (χ4v) is 5.18. The summed E-state index contributed by atoms with van der Waals surface area (Å²) in [7, 11) is 0. The summed E-state index contributed by atoms with van der Waals surface area (Å²) >= 11 is 0. The summed E-state index contributed by atoms with van der Waals surface area (Å²) in [5.41, 5.74) is 1.44. The van der Waals surface area contributed by atoms with Gasteiger partial charge in [0.2, 0.25) is 5.91 Å². The number of hydrogen-bond acceptors (Lipinski definition) is 5. The van der Waals surface area contributed by atoms with Crippen LogP contribution in [0.1, 0.15) is 44.7 Å². The number of benzene rings is 2. The molecule has 2 aromatic carbocycles. The van der Waals surface area contributed by atoms with Gasteiger partial charge in [0.25, 0.3) is 11.8 Å². The lowest BCUT2D eigenvalue weighted by molar-refractivity contribution is -0.128. The first kappa shape index (κ1) is 25.5. The average molecular weight is 517 g/mol. The van der Waals surface area contributed by atoms with Crippen molar-refractivity contribution in [2.45, 2.75) is 38.1 Å². The van der Waals surface area contributed by atoms with Crippen molar-refractivity contribution in [2.24, 2.45) is 0 Å². The quantitative estimate of drug-likeness (QED) is 0.562. The minimum atomic E-state index is -1.03. The van der Waals surface area contributed by atoms with Crippen molar-refractivity contribution < 1.29 is 23.5 Å². The van der Waals surface area contributed by atoms with Crippen molar-refractivity contribution in [3.05, 3.63) is 101 Å². The van der Waals surface area contributed by atoms with Gasteiger partial charge in [0.15, 0.2) is 0 Å². The monoisotopic (exact) mass is 516 g/mol. The normalized spacial score (nSPS) is 18.4. The third-order valence-corrected chi connectivity index (χ3v) is 7.28. The van der Waals surface area contributed by atoms with Crippen LogP contribution >= 0.6 is 0 Å². The highest BCUT2D eigenvalue weighted by atomic mass is 19.1. The number of nitrogens with zero attached hydrogens (tertiary/aromatic N) is 3. The van der Waals surface area contributed by atoms with Crippen molar-refractivity contribution in [1.29, 1.82) is 0 Å². The van der Waals surface area contributed by atoms with E-state index in [4.69, 9.17) is 4.74 Å². The van der Waals surface area contributed by atoms with Gasteiger partial charge >= 0.3 is 0 Å². The van der Waals surface area contributed by atoms with Crippen LogP contribution in [-0.4, -0.2) is 64.0 Å². The number of amides is 3. The van der Waals surface area contributed by atoms with Crippen molar-refractivity contribution in [2.75, 3.05) is 19.7 Å². The number of carbonyl (C=O) groups is 3. The molecule has 0 bridgehead atoms. The highest BCUT2D eigenvalue weighted by molar-refractivity contribution is 5.99. The first-order valence-corrected chi connectivity index (χ1v) is 12.6.